The van der Waals surface area contributed by atoms with E-state index in [1.165, 1.54) is 11.8 Å². The average molecular weight is 228 g/mol. The molecule has 2 N–H and O–H groups in total. The van der Waals surface area contributed by atoms with E-state index in [4.69, 9.17) is 5.73 Å². The standard InChI is InChI=1S/C9H9N3O2.ClH/c1-14-9(13)12-8-4-2-3-7(10)6(8)5-11-12;/h2-5H,10H2,1H3;1H. The molecule has 0 saturated carbocycles. The van der Waals surface area contributed by atoms with E-state index in [2.05, 4.69) is 9.84 Å². The summed E-state index contributed by atoms with van der Waals surface area (Å²) < 4.78 is 5.74. The molecule has 2 rings (SSSR count). The number of benzene rings is 1. The zero-order valence-corrected chi connectivity index (χ0v) is 8.82. The maximum Gasteiger partial charge on any atom is 0.434 e. The summed E-state index contributed by atoms with van der Waals surface area (Å²) in [6.07, 6.45) is 1.02. The van der Waals surface area contributed by atoms with Crippen LogP contribution in [0, 0.1) is 0 Å². The van der Waals surface area contributed by atoms with Crippen LogP contribution in [0.1, 0.15) is 0 Å². The average Bonchev–Trinajstić information content (AvgIpc) is 2.62. The van der Waals surface area contributed by atoms with Crippen molar-refractivity contribution < 1.29 is 9.53 Å². The topological polar surface area (TPSA) is 70.1 Å². The number of fused-ring (bicyclic) bond motifs is 1. The molecule has 0 spiro atoms. The highest BCUT2D eigenvalue weighted by Crippen LogP contribution is 2.19. The van der Waals surface area contributed by atoms with E-state index in [1.54, 1.807) is 24.4 Å². The summed E-state index contributed by atoms with van der Waals surface area (Å²) in [6, 6.07) is 5.28. The molecule has 0 aliphatic heterocycles. The summed E-state index contributed by atoms with van der Waals surface area (Å²) in [5, 5.41) is 4.64. The lowest BCUT2D eigenvalue weighted by molar-refractivity contribution is 0.170. The molecule has 0 aliphatic rings. The van der Waals surface area contributed by atoms with Crippen LogP contribution in [0.15, 0.2) is 24.4 Å². The second-order valence-electron chi connectivity index (χ2n) is 2.81. The third-order valence-corrected chi connectivity index (χ3v) is 1.99. The van der Waals surface area contributed by atoms with Gasteiger partial charge in [-0.2, -0.15) is 9.78 Å². The Kier molecular flexibility index (Phi) is 3.16. The molecule has 0 fully saturated rings. The van der Waals surface area contributed by atoms with Crippen LogP contribution in [0.25, 0.3) is 10.9 Å². The van der Waals surface area contributed by atoms with Gasteiger partial charge in [-0.05, 0) is 12.1 Å². The highest BCUT2D eigenvalue weighted by Gasteiger charge is 2.10. The molecule has 0 aliphatic carbocycles. The number of nitrogens with zero attached hydrogens (tertiary/aromatic N) is 2. The number of methoxy groups -OCH3 is 1. The Bertz CT molecular complexity index is 495. The molecule has 0 amide bonds. The van der Waals surface area contributed by atoms with Crippen molar-refractivity contribution in [2.24, 2.45) is 0 Å². The molecule has 1 aromatic heterocycles. The summed E-state index contributed by atoms with van der Waals surface area (Å²) in [5.74, 6) is 0. The Morgan fingerprint density at radius 2 is 2.27 bits per heavy atom. The molecule has 0 bridgehead atoms. The van der Waals surface area contributed by atoms with E-state index in [9.17, 15) is 4.79 Å². The first-order valence-electron chi connectivity index (χ1n) is 4.04. The number of anilines is 1. The lowest BCUT2D eigenvalue weighted by Crippen LogP contribution is -2.12. The number of rotatable bonds is 0. The third-order valence-electron chi connectivity index (χ3n) is 1.99. The Balaban J connectivity index is 0.00000112. The summed E-state index contributed by atoms with van der Waals surface area (Å²) in [7, 11) is 1.31. The number of hydrogen-bond donors (Lipinski definition) is 1. The van der Waals surface area contributed by atoms with Crippen LogP contribution < -0.4 is 5.73 Å². The van der Waals surface area contributed by atoms with E-state index >= 15 is 0 Å². The molecule has 0 saturated heterocycles. The first-order valence-corrected chi connectivity index (χ1v) is 4.04. The van der Waals surface area contributed by atoms with Crippen LogP contribution in [0.3, 0.4) is 0 Å². The number of carbonyl (C=O) groups excluding carboxylic acids is 1. The quantitative estimate of drug-likeness (QED) is 0.695. The second kappa shape index (κ2) is 4.18. The largest absolute Gasteiger partial charge is 0.451 e. The maximum absolute atomic E-state index is 11.2. The normalized spacial score (nSPS) is 9.67. The van der Waals surface area contributed by atoms with Crippen molar-refractivity contribution in [2.75, 3.05) is 12.8 Å². The number of carbonyl (C=O) groups is 1. The number of aromatic nitrogens is 2. The molecular weight excluding hydrogens is 218 g/mol. The molecule has 5 nitrogen and oxygen atoms in total. The fourth-order valence-corrected chi connectivity index (χ4v) is 1.31. The molecule has 15 heavy (non-hydrogen) atoms. The van der Waals surface area contributed by atoms with Crippen molar-refractivity contribution in [3.63, 3.8) is 0 Å². The SMILES string of the molecule is COC(=O)n1ncc2c(N)cccc21.Cl. The molecule has 80 valence electrons. The van der Waals surface area contributed by atoms with Crippen molar-refractivity contribution in [3.05, 3.63) is 24.4 Å². The van der Waals surface area contributed by atoms with Gasteiger partial charge >= 0.3 is 6.09 Å². The zero-order chi connectivity index (χ0) is 10.1. The van der Waals surface area contributed by atoms with Crippen molar-refractivity contribution >= 4 is 35.1 Å². The van der Waals surface area contributed by atoms with Crippen molar-refractivity contribution in [1.82, 2.24) is 9.78 Å². The highest BCUT2D eigenvalue weighted by atomic mass is 35.5. The van der Waals surface area contributed by atoms with Crippen LogP contribution in [0.2, 0.25) is 0 Å². The van der Waals surface area contributed by atoms with Gasteiger partial charge in [0.05, 0.1) is 18.8 Å². The van der Waals surface area contributed by atoms with Crippen LogP contribution in [0.4, 0.5) is 10.5 Å². The molecule has 2 aromatic rings. The molecule has 0 atom stereocenters. The number of nitrogen functional groups attached to an aromatic ring is 1. The van der Waals surface area contributed by atoms with Gasteiger partial charge in [-0.25, -0.2) is 4.79 Å². The second-order valence-corrected chi connectivity index (χ2v) is 2.81. The van der Waals surface area contributed by atoms with E-state index in [0.29, 0.717) is 11.2 Å². The van der Waals surface area contributed by atoms with Gasteiger partial charge in [0.2, 0.25) is 0 Å². The van der Waals surface area contributed by atoms with E-state index in [-0.39, 0.29) is 12.4 Å². The van der Waals surface area contributed by atoms with Gasteiger partial charge in [0, 0.05) is 11.1 Å². The summed E-state index contributed by atoms with van der Waals surface area (Å²) in [5.41, 5.74) is 6.95. The Morgan fingerprint density at radius 3 is 2.93 bits per heavy atom. The Labute approximate surface area is 92.2 Å². The number of ether oxygens (including phenoxy) is 1. The first-order chi connectivity index (χ1) is 6.74. The summed E-state index contributed by atoms with van der Waals surface area (Å²) >= 11 is 0. The van der Waals surface area contributed by atoms with Gasteiger partial charge < -0.3 is 10.5 Å². The Hall–Kier alpha value is -1.75. The smallest absolute Gasteiger partial charge is 0.434 e. The van der Waals surface area contributed by atoms with Gasteiger partial charge in [0.15, 0.2) is 0 Å². The summed E-state index contributed by atoms with van der Waals surface area (Å²) in [6.45, 7) is 0. The predicted molar refractivity (Wildman–Crippen MR) is 59.2 cm³/mol. The van der Waals surface area contributed by atoms with Gasteiger partial charge in [-0.3, -0.25) is 0 Å². The summed E-state index contributed by atoms with van der Waals surface area (Å²) in [4.78, 5) is 11.2. The molecule has 0 radical (unpaired) electrons. The minimum atomic E-state index is -0.523. The van der Waals surface area contributed by atoms with E-state index in [1.807, 2.05) is 0 Å². The maximum atomic E-state index is 11.2. The fraction of sp³-hybridized carbons (Fsp3) is 0.111. The van der Waals surface area contributed by atoms with Gasteiger partial charge in [-0.15, -0.1) is 12.4 Å². The number of hydrogen-bond acceptors (Lipinski definition) is 4. The first kappa shape index (κ1) is 11.3. The predicted octanol–water partition coefficient (Wildman–Crippen LogP) is 1.65. The van der Waals surface area contributed by atoms with Gasteiger partial charge in [0.25, 0.3) is 0 Å². The van der Waals surface area contributed by atoms with E-state index in [0.717, 1.165) is 5.39 Å². The minimum absolute atomic E-state index is 0. The zero-order valence-electron chi connectivity index (χ0n) is 8.01. The molecule has 6 heteroatoms. The fourth-order valence-electron chi connectivity index (χ4n) is 1.31. The van der Waals surface area contributed by atoms with Crippen LogP contribution in [-0.4, -0.2) is 23.0 Å². The number of nitrogens with two attached hydrogens (primary N) is 1. The van der Waals surface area contributed by atoms with Crippen molar-refractivity contribution in [3.8, 4) is 0 Å². The lowest BCUT2D eigenvalue weighted by atomic mass is 10.2. The number of halogens is 1. The van der Waals surface area contributed by atoms with Crippen molar-refractivity contribution in [1.29, 1.82) is 0 Å². The molecule has 1 aromatic carbocycles. The molecular formula is C9H10ClN3O2. The van der Waals surface area contributed by atoms with Gasteiger partial charge in [0.1, 0.15) is 0 Å². The minimum Gasteiger partial charge on any atom is -0.451 e. The third kappa shape index (κ3) is 1.73. The van der Waals surface area contributed by atoms with Crippen LogP contribution >= 0.6 is 12.4 Å². The lowest BCUT2D eigenvalue weighted by Gasteiger charge is -1.99. The highest BCUT2D eigenvalue weighted by molar-refractivity contribution is 5.94. The molecule has 1 heterocycles. The van der Waals surface area contributed by atoms with E-state index < -0.39 is 6.09 Å². The monoisotopic (exact) mass is 227 g/mol. The van der Waals surface area contributed by atoms with Crippen molar-refractivity contribution in [2.45, 2.75) is 0 Å². The van der Waals surface area contributed by atoms with Crippen LogP contribution in [0.5, 0.6) is 0 Å². The van der Waals surface area contributed by atoms with Gasteiger partial charge in [-0.1, -0.05) is 6.07 Å². The molecule has 0 unspecified atom stereocenters. The Morgan fingerprint density at radius 1 is 1.53 bits per heavy atom. The van der Waals surface area contributed by atoms with Crippen LogP contribution in [-0.2, 0) is 4.74 Å².